The summed E-state index contributed by atoms with van der Waals surface area (Å²) >= 11 is 0. The number of amides is 1. The standard InChI is InChI=1S/C18H34N4O2/c1-3-21-10-12-22(13-11-21)15-18(6-8-20(2)9-7-18)19-17(23)24-14-16-4-5-16/h16H,3-15H2,1-2H3,(H,19,23). The van der Waals surface area contributed by atoms with E-state index in [0.29, 0.717) is 12.5 Å². The molecule has 6 heteroatoms. The van der Waals surface area contributed by atoms with Crippen molar-refractivity contribution in [2.75, 3.05) is 66.0 Å². The van der Waals surface area contributed by atoms with Crippen LogP contribution in [0, 0.1) is 5.92 Å². The van der Waals surface area contributed by atoms with Gasteiger partial charge in [0.1, 0.15) is 0 Å². The predicted octanol–water partition coefficient (Wildman–Crippen LogP) is 1.22. The van der Waals surface area contributed by atoms with Gasteiger partial charge < -0.3 is 19.9 Å². The van der Waals surface area contributed by atoms with Crippen molar-refractivity contribution in [1.29, 1.82) is 0 Å². The SMILES string of the molecule is CCN1CCN(CC2(NC(=O)OCC3CC3)CCN(C)CC2)CC1. The van der Waals surface area contributed by atoms with Gasteiger partial charge in [-0.05, 0) is 45.2 Å². The Morgan fingerprint density at radius 1 is 1.08 bits per heavy atom. The minimum atomic E-state index is -0.210. The molecule has 0 atom stereocenters. The number of hydrogen-bond donors (Lipinski definition) is 1. The predicted molar refractivity (Wildman–Crippen MR) is 95.2 cm³/mol. The molecule has 1 N–H and O–H groups in total. The smallest absolute Gasteiger partial charge is 0.407 e. The highest BCUT2D eigenvalue weighted by molar-refractivity contribution is 5.68. The molecule has 2 heterocycles. The first-order chi connectivity index (χ1) is 11.6. The third-order valence-electron chi connectivity index (χ3n) is 5.90. The number of rotatable bonds is 6. The van der Waals surface area contributed by atoms with Crippen molar-refractivity contribution in [1.82, 2.24) is 20.0 Å². The van der Waals surface area contributed by atoms with E-state index in [1.807, 2.05) is 0 Å². The molecule has 138 valence electrons. The molecule has 1 amide bonds. The average molecular weight is 338 g/mol. The van der Waals surface area contributed by atoms with Crippen LogP contribution in [0.5, 0.6) is 0 Å². The number of nitrogens with zero attached hydrogens (tertiary/aromatic N) is 3. The van der Waals surface area contributed by atoms with E-state index >= 15 is 0 Å². The molecule has 0 bridgehead atoms. The van der Waals surface area contributed by atoms with Gasteiger partial charge >= 0.3 is 6.09 Å². The summed E-state index contributed by atoms with van der Waals surface area (Å²) in [7, 11) is 2.16. The minimum absolute atomic E-state index is 0.123. The van der Waals surface area contributed by atoms with Gasteiger partial charge in [0.25, 0.3) is 0 Å². The molecule has 1 saturated carbocycles. The monoisotopic (exact) mass is 338 g/mol. The Balaban J connectivity index is 1.54. The van der Waals surface area contributed by atoms with Crippen LogP contribution in [0.1, 0.15) is 32.6 Å². The molecule has 0 unspecified atom stereocenters. The Hall–Kier alpha value is -0.850. The molecule has 2 saturated heterocycles. The normalized spacial score (nSPS) is 26.2. The number of piperidine rings is 1. The third kappa shape index (κ3) is 5.07. The van der Waals surface area contributed by atoms with Crippen molar-refractivity contribution in [3.63, 3.8) is 0 Å². The summed E-state index contributed by atoms with van der Waals surface area (Å²) in [5, 5.41) is 3.27. The van der Waals surface area contributed by atoms with Crippen LogP contribution in [0.25, 0.3) is 0 Å². The molecule has 3 rings (SSSR count). The Labute approximate surface area is 146 Å². The van der Waals surface area contributed by atoms with Crippen molar-refractivity contribution in [2.24, 2.45) is 5.92 Å². The second-order valence-electron chi connectivity index (χ2n) is 7.96. The highest BCUT2D eigenvalue weighted by atomic mass is 16.5. The Bertz CT molecular complexity index is 411. The van der Waals surface area contributed by atoms with Crippen LogP contribution in [0.2, 0.25) is 0 Å². The van der Waals surface area contributed by atoms with Crippen LogP contribution in [0.15, 0.2) is 0 Å². The summed E-state index contributed by atoms with van der Waals surface area (Å²) in [6, 6.07) is 0. The number of hydrogen-bond acceptors (Lipinski definition) is 5. The van der Waals surface area contributed by atoms with Gasteiger partial charge in [-0.25, -0.2) is 4.79 Å². The lowest BCUT2D eigenvalue weighted by atomic mass is 9.87. The van der Waals surface area contributed by atoms with Crippen LogP contribution < -0.4 is 5.32 Å². The summed E-state index contributed by atoms with van der Waals surface area (Å²) in [5.74, 6) is 0.617. The second-order valence-corrected chi connectivity index (χ2v) is 7.96. The summed E-state index contributed by atoms with van der Waals surface area (Å²) in [5.41, 5.74) is -0.123. The maximum atomic E-state index is 12.3. The van der Waals surface area contributed by atoms with Crippen molar-refractivity contribution in [3.8, 4) is 0 Å². The summed E-state index contributed by atoms with van der Waals surface area (Å²) in [4.78, 5) is 19.7. The molecule has 3 aliphatic rings. The van der Waals surface area contributed by atoms with Crippen molar-refractivity contribution in [2.45, 2.75) is 38.1 Å². The van der Waals surface area contributed by atoms with E-state index < -0.39 is 0 Å². The van der Waals surface area contributed by atoms with Gasteiger partial charge in [0, 0.05) is 45.8 Å². The maximum Gasteiger partial charge on any atom is 0.407 e. The van der Waals surface area contributed by atoms with Crippen LogP contribution in [0.4, 0.5) is 4.79 Å². The van der Waals surface area contributed by atoms with Crippen LogP contribution in [-0.2, 0) is 4.74 Å². The van der Waals surface area contributed by atoms with E-state index in [-0.39, 0.29) is 11.6 Å². The first-order valence-corrected chi connectivity index (χ1v) is 9.67. The quantitative estimate of drug-likeness (QED) is 0.789. The fourth-order valence-corrected chi connectivity index (χ4v) is 3.79. The second kappa shape index (κ2) is 8.02. The van der Waals surface area contributed by atoms with Crippen molar-refractivity contribution >= 4 is 6.09 Å². The van der Waals surface area contributed by atoms with Gasteiger partial charge in [0.05, 0.1) is 12.1 Å². The van der Waals surface area contributed by atoms with E-state index in [1.165, 1.54) is 12.8 Å². The van der Waals surface area contributed by atoms with Gasteiger partial charge in [-0.1, -0.05) is 6.92 Å². The summed E-state index contributed by atoms with van der Waals surface area (Å²) < 4.78 is 5.45. The number of carbonyl (C=O) groups excluding carboxylic acids is 1. The van der Waals surface area contributed by atoms with Gasteiger partial charge in [0.2, 0.25) is 0 Å². The Morgan fingerprint density at radius 3 is 2.29 bits per heavy atom. The molecule has 0 radical (unpaired) electrons. The Morgan fingerprint density at radius 2 is 1.71 bits per heavy atom. The maximum absolute atomic E-state index is 12.3. The number of likely N-dealkylation sites (N-methyl/N-ethyl adjacent to an activating group) is 1. The van der Waals surface area contributed by atoms with Gasteiger partial charge in [0.15, 0.2) is 0 Å². The first-order valence-electron chi connectivity index (χ1n) is 9.67. The molecule has 6 nitrogen and oxygen atoms in total. The van der Waals surface area contributed by atoms with E-state index in [1.54, 1.807) is 0 Å². The molecule has 0 aromatic heterocycles. The zero-order chi connectivity index (χ0) is 17.0. The molecule has 24 heavy (non-hydrogen) atoms. The van der Waals surface area contributed by atoms with E-state index in [0.717, 1.165) is 65.2 Å². The van der Waals surface area contributed by atoms with Crippen LogP contribution in [-0.4, -0.2) is 92.3 Å². The molecular weight excluding hydrogens is 304 g/mol. The number of ether oxygens (including phenoxy) is 1. The lowest BCUT2D eigenvalue weighted by Crippen LogP contribution is -2.62. The summed E-state index contributed by atoms with van der Waals surface area (Å²) in [6.07, 6.45) is 4.24. The zero-order valence-corrected chi connectivity index (χ0v) is 15.4. The number of alkyl carbamates (subject to hydrolysis) is 1. The number of carbonyl (C=O) groups is 1. The van der Waals surface area contributed by atoms with Gasteiger partial charge in [-0.3, -0.25) is 4.90 Å². The van der Waals surface area contributed by atoms with E-state index in [9.17, 15) is 4.79 Å². The third-order valence-corrected chi connectivity index (χ3v) is 5.90. The van der Waals surface area contributed by atoms with E-state index in [2.05, 4.69) is 34.0 Å². The number of likely N-dealkylation sites (tertiary alicyclic amines) is 1. The number of nitrogens with one attached hydrogen (secondary N) is 1. The Kier molecular flexibility index (Phi) is 6.00. The lowest BCUT2D eigenvalue weighted by molar-refractivity contribution is 0.0628. The highest BCUT2D eigenvalue weighted by Gasteiger charge is 2.38. The van der Waals surface area contributed by atoms with Crippen molar-refractivity contribution < 1.29 is 9.53 Å². The minimum Gasteiger partial charge on any atom is -0.449 e. The molecule has 0 aromatic rings. The molecular formula is C18H34N4O2. The van der Waals surface area contributed by atoms with Gasteiger partial charge in [-0.2, -0.15) is 0 Å². The fraction of sp³-hybridized carbons (Fsp3) is 0.944. The summed E-state index contributed by atoms with van der Waals surface area (Å²) in [6.45, 7) is 11.5. The van der Waals surface area contributed by atoms with Crippen LogP contribution in [0.3, 0.4) is 0 Å². The van der Waals surface area contributed by atoms with Gasteiger partial charge in [-0.15, -0.1) is 0 Å². The zero-order valence-electron chi connectivity index (χ0n) is 15.4. The van der Waals surface area contributed by atoms with Crippen LogP contribution >= 0.6 is 0 Å². The highest BCUT2D eigenvalue weighted by Crippen LogP contribution is 2.29. The molecule has 0 aromatic carbocycles. The lowest BCUT2D eigenvalue weighted by Gasteiger charge is -2.45. The molecule has 0 spiro atoms. The molecule has 1 aliphatic carbocycles. The fourth-order valence-electron chi connectivity index (χ4n) is 3.79. The molecule has 2 aliphatic heterocycles. The topological polar surface area (TPSA) is 48.1 Å². The first kappa shape index (κ1) is 18.0. The average Bonchev–Trinajstić information content (AvgIpc) is 3.41. The van der Waals surface area contributed by atoms with E-state index in [4.69, 9.17) is 4.74 Å². The van der Waals surface area contributed by atoms with Crippen molar-refractivity contribution in [3.05, 3.63) is 0 Å². The molecule has 3 fully saturated rings. The number of piperazine rings is 1. The largest absolute Gasteiger partial charge is 0.449 e.